The van der Waals surface area contributed by atoms with Crippen LogP contribution in [0, 0.1) is 15.3 Å². The second kappa shape index (κ2) is 6.62. The lowest BCUT2D eigenvalue weighted by molar-refractivity contribution is -0.605. The van der Waals surface area contributed by atoms with Crippen molar-refractivity contribution < 1.29 is 19.2 Å². The van der Waals surface area contributed by atoms with Gasteiger partial charge in [0.2, 0.25) is 6.20 Å². The molecule has 3 rings (SSSR count). The second-order valence-corrected chi connectivity index (χ2v) is 7.95. The summed E-state index contributed by atoms with van der Waals surface area (Å²) in [5, 5.41) is 25.8. The molecule has 0 spiro atoms. The molecule has 1 aromatic heterocycles. The average molecular weight is 364 g/mol. The molecule has 26 heavy (non-hydrogen) atoms. The van der Waals surface area contributed by atoms with Crippen LogP contribution in [0.15, 0.2) is 18.5 Å². The maximum atomic E-state index is 12.5. The van der Waals surface area contributed by atoms with Gasteiger partial charge in [0.25, 0.3) is 0 Å². The highest BCUT2D eigenvalue weighted by Crippen LogP contribution is 2.38. The Morgan fingerprint density at radius 3 is 2.50 bits per heavy atom. The lowest BCUT2D eigenvalue weighted by Gasteiger charge is -2.39. The zero-order chi connectivity index (χ0) is 19.1. The van der Waals surface area contributed by atoms with Gasteiger partial charge < -0.3 is 20.2 Å². The van der Waals surface area contributed by atoms with Gasteiger partial charge in [-0.25, -0.2) is 4.79 Å². The van der Waals surface area contributed by atoms with Crippen LogP contribution in [0.2, 0.25) is 0 Å². The molecular weight excluding hydrogens is 340 g/mol. The third-order valence-electron chi connectivity index (χ3n) is 4.81. The normalized spacial score (nSPS) is 25.0. The molecule has 9 nitrogen and oxygen atoms in total. The van der Waals surface area contributed by atoms with Gasteiger partial charge in [-0.05, 0) is 46.5 Å². The number of amides is 1. The fourth-order valence-electron chi connectivity index (χ4n) is 3.87. The number of carbonyl (C=O) groups is 1. The van der Waals surface area contributed by atoms with E-state index in [4.69, 9.17) is 4.74 Å². The number of fused-ring (bicyclic) bond motifs is 2. The molecule has 0 radical (unpaired) electrons. The Bertz CT molecular complexity index is 704. The van der Waals surface area contributed by atoms with Crippen molar-refractivity contribution in [2.24, 2.45) is 0 Å². The molecule has 1 aromatic rings. The molecule has 9 heteroatoms. The van der Waals surface area contributed by atoms with Gasteiger partial charge in [-0.15, -0.1) is 0 Å². The van der Waals surface area contributed by atoms with Gasteiger partial charge in [0, 0.05) is 18.1 Å². The van der Waals surface area contributed by atoms with E-state index in [2.05, 4.69) is 5.32 Å². The van der Waals surface area contributed by atoms with Crippen molar-refractivity contribution in [3.8, 4) is 0 Å². The first kappa shape index (κ1) is 18.2. The van der Waals surface area contributed by atoms with E-state index in [1.807, 2.05) is 25.7 Å². The molecule has 3 heterocycles. The van der Waals surface area contributed by atoms with E-state index in [-0.39, 0.29) is 35.6 Å². The van der Waals surface area contributed by atoms with Crippen molar-refractivity contribution in [2.45, 2.75) is 70.2 Å². The number of nitro groups is 1. The maximum absolute atomic E-state index is 12.5. The third kappa shape index (κ3) is 3.81. The minimum atomic E-state index is -0.544. The van der Waals surface area contributed by atoms with E-state index < -0.39 is 10.5 Å². The summed E-state index contributed by atoms with van der Waals surface area (Å²) >= 11 is 0. The molecular formula is C17H24N4O5. The summed E-state index contributed by atoms with van der Waals surface area (Å²) in [6.45, 7) is 5.52. The minimum absolute atomic E-state index is 0.0349. The zero-order valence-corrected chi connectivity index (χ0v) is 15.2. The summed E-state index contributed by atoms with van der Waals surface area (Å²) in [6, 6.07) is 1.25. The van der Waals surface area contributed by atoms with Crippen LogP contribution in [-0.2, 0) is 4.74 Å². The minimum Gasteiger partial charge on any atom is -0.619 e. The SMILES string of the molecule is CC(C)(C)OC(=O)N1[C@@H]2CC[C@H]1CC(Nc1c[n+]([O-])ccc1[N+](=O)[O-])C2. The summed E-state index contributed by atoms with van der Waals surface area (Å²) in [5.74, 6) is 0. The van der Waals surface area contributed by atoms with Gasteiger partial charge in [0.05, 0.1) is 11.0 Å². The number of nitrogens with one attached hydrogen (secondary N) is 1. The van der Waals surface area contributed by atoms with Crippen LogP contribution in [0.4, 0.5) is 16.2 Å². The van der Waals surface area contributed by atoms with Crippen LogP contribution >= 0.6 is 0 Å². The Kier molecular flexibility index (Phi) is 4.64. The van der Waals surface area contributed by atoms with E-state index in [1.54, 1.807) is 0 Å². The zero-order valence-electron chi connectivity index (χ0n) is 15.2. The summed E-state index contributed by atoms with van der Waals surface area (Å²) < 4.78 is 6.05. The van der Waals surface area contributed by atoms with Crippen LogP contribution < -0.4 is 10.0 Å². The quantitative estimate of drug-likeness (QED) is 0.382. The van der Waals surface area contributed by atoms with E-state index in [1.165, 1.54) is 12.3 Å². The maximum Gasteiger partial charge on any atom is 0.410 e. The van der Waals surface area contributed by atoms with Gasteiger partial charge in [-0.3, -0.25) is 10.1 Å². The van der Waals surface area contributed by atoms with Crippen molar-refractivity contribution in [1.82, 2.24) is 4.90 Å². The van der Waals surface area contributed by atoms with Gasteiger partial charge in [-0.2, -0.15) is 4.73 Å². The molecule has 2 fully saturated rings. The lowest BCUT2D eigenvalue weighted by atomic mass is 9.97. The monoisotopic (exact) mass is 364 g/mol. The standard InChI is InChI=1S/C17H24N4O5/c1-17(2,3)26-16(22)20-12-4-5-13(20)9-11(8-12)18-14-10-19(23)7-6-15(14)21(24)25/h6-7,10-13,18H,4-5,8-9H2,1-3H3/t11?,12-,13+. The Hall–Kier alpha value is -2.58. The van der Waals surface area contributed by atoms with E-state index >= 15 is 0 Å². The highest BCUT2D eigenvalue weighted by molar-refractivity contribution is 5.70. The summed E-state index contributed by atoms with van der Waals surface area (Å²) in [5.41, 5.74) is -0.459. The number of carbonyl (C=O) groups excluding carboxylic acids is 1. The Morgan fingerprint density at radius 2 is 1.96 bits per heavy atom. The topological polar surface area (TPSA) is 112 Å². The van der Waals surface area contributed by atoms with Gasteiger partial charge in [0.15, 0.2) is 11.9 Å². The number of hydrogen-bond donors (Lipinski definition) is 1. The number of aromatic nitrogens is 1. The highest BCUT2D eigenvalue weighted by Gasteiger charge is 2.45. The molecule has 1 unspecified atom stereocenters. The van der Waals surface area contributed by atoms with Crippen molar-refractivity contribution in [3.05, 3.63) is 33.8 Å². The number of hydrogen-bond acceptors (Lipinski definition) is 6. The Labute approximate surface area is 151 Å². The number of piperidine rings is 1. The molecule has 1 N–H and O–H groups in total. The smallest absolute Gasteiger partial charge is 0.410 e. The van der Waals surface area contributed by atoms with Crippen molar-refractivity contribution in [2.75, 3.05) is 5.32 Å². The van der Waals surface area contributed by atoms with Gasteiger partial charge in [0.1, 0.15) is 5.60 Å². The van der Waals surface area contributed by atoms with Gasteiger partial charge >= 0.3 is 11.8 Å². The van der Waals surface area contributed by atoms with E-state index in [9.17, 15) is 20.1 Å². The molecule has 2 aliphatic heterocycles. The lowest BCUT2D eigenvalue weighted by Crippen LogP contribution is -2.51. The predicted molar refractivity (Wildman–Crippen MR) is 93.6 cm³/mol. The molecule has 2 aliphatic rings. The predicted octanol–water partition coefficient (Wildman–Crippen LogP) is 2.57. The first-order chi connectivity index (χ1) is 12.1. The highest BCUT2D eigenvalue weighted by atomic mass is 16.6. The molecule has 3 atom stereocenters. The number of ether oxygens (including phenoxy) is 1. The largest absolute Gasteiger partial charge is 0.619 e. The molecule has 1 amide bonds. The molecule has 0 saturated carbocycles. The molecule has 2 bridgehead atoms. The second-order valence-electron chi connectivity index (χ2n) is 7.95. The molecule has 0 aliphatic carbocycles. The van der Waals surface area contributed by atoms with E-state index in [0.29, 0.717) is 17.6 Å². The first-order valence-corrected chi connectivity index (χ1v) is 8.79. The van der Waals surface area contributed by atoms with Crippen LogP contribution in [0.5, 0.6) is 0 Å². The first-order valence-electron chi connectivity index (χ1n) is 8.79. The number of pyridine rings is 1. The Morgan fingerprint density at radius 1 is 1.35 bits per heavy atom. The number of rotatable bonds is 3. The fourth-order valence-corrected chi connectivity index (χ4v) is 3.87. The van der Waals surface area contributed by atoms with Crippen LogP contribution in [0.1, 0.15) is 46.5 Å². The average Bonchev–Trinajstić information content (AvgIpc) is 2.77. The van der Waals surface area contributed by atoms with Crippen LogP contribution in [0.25, 0.3) is 0 Å². The molecule has 2 saturated heterocycles. The summed E-state index contributed by atoms with van der Waals surface area (Å²) in [7, 11) is 0. The van der Waals surface area contributed by atoms with Crippen molar-refractivity contribution in [3.63, 3.8) is 0 Å². The Balaban J connectivity index is 1.71. The molecule has 142 valence electrons. The number of anilines is 1. The third-order valence-corrected chi connectivity index (χ3v) is 4.81. The van der Waals surface area contributed by atoms with Crippen molar-refractivity contribution in [1.29, 1.82) is 0 Å². The van der Waals surface area contributed by atoms with Crippen LogP contribution in [-0.4, -0.2) is 39.6 Å². The summed E-state index contributed by atoms with van der Waals surface area (Å²) in [4.78, 5) is 25.0. The van der Waals surface area contributed by atoms with Crippen molar-refractivity contribution >= 4 is 17.5 Å². The summed E-state index contributed by atoms with van der Waals surface area (Å²) in [6.07, 6.45) is 5.10. The number of nitrogens with zero attached hydrogens (tertiary/aromatic N) is 3. The van der Waals surface area contributed by atoms with E-state index in [0.717, 1.165) is 19.0 Å². The van der Waals surface area contributed by atoms with Gasteiger partial charge in [-0.1, -0.05) is 0 Å². The van der Waals surface area contributed by atoms with Crippen LogP contribution in [0.3, 0.4) is 0 Å². The fraction of sp³-hybridized carbons (Fsp3) is 0.647. The molecule has 0 aromatic carbocycles.